The van der Waals surface area contributed by atoms with E-state index in [2.05, 4.69) is 11.6 Å². The van der Waals surface area contributed by atoms with Crippen LogP contribution in [0.5, 0.6) is 0 Å². The van der Waals surface area contributed by atoms with E-state index in [1.54, 1.807) is 25.1 Å². The van der Waals surface area contributed by atoms with Crippen LogP contribution in [-0.4, -0.2) is 39.4 Å². The Labute approximate surface area is 164 Å². The number of aliphatic hydroxyl groups excluding tert-OH is 3. The molecule has 28 heavy (non-hydrogen) atoms. The van der Waals surface area contributed by atoms with Gasteiger partial charge >= 0.3 is 5.97 Å². The zero-order chi connectivity index (χ0) is 20.7. The number of carbonyl (C=O) groups excluding carboxylic acids is 1. The van der Waals surface area contributed by atoms with Gasteiger partial charge in [0.15, 0.2) is 0 Å². The zero-order valence-corrected chi connectivity index (χ0v) is 16.1. The lowest BCUT2D eigenvalue weighted by Crippen LogP contribution is -2.08. The van der Waals surface area contributed by atoms with Crippen molar-refractivity contribution < 1.29 is 24.9 Å². The van der Waals surface area contributed by atoms with Crippen molar-refractivity contribution in [2.24, 2.45) is 5.73 Å². The van der Waals surface area contributed by atoms with Crippen LogP contribution in [0.4, 0.5) is 0 Å². The lowest BCUT2D eigenvalue weighted by molar-refractivity contribution is 0.0519. The number of ether oxygens (including phenoxy) is 1. The molecule has 0 amide bonds. The Morgan fingerprint density at radius 1 is 1.18 bits per heavy atom. The first-order valence-corrected chi connectivity index (χ1v) is 9.26. The molecule has 0 radical (unpaired) electrons. The summed E-state index contributed by atoms with van der Waals surface area (Å²) in [6, 6.07) is 3.49. The summed E-state index contributed by atoms with van der Waals surface area (Å²) in [6.45, 7) is 5.23. The summed E-state index contributed by atoms with van der Waals surface area (Å²) < 4.78 is 5.18. The molecule has 0 fully saturated rings. The van der Waals surface area contributed by atoms with Crippen LogP contribution in [0.15, 0.2) is 24.8 Å². The molecule has 0 atom stereocenters. The van der Waals surface area contributed by atoms with Crippen LogP contribution in [-0.2, 0) is 37.4 Å². The lowest BCUT2D eigenvalue weighted by atomic mass is 9.89. The van der Waals surface area contributed by atoms with Crippen molar-refractivity contribution in [3.63, 3.8) is 0 Å². The number of aromatic nitrogens is 1. The highest BCUT2D eigenvalue weighted by atomic mass is 16.5. The molecule has 0 unspecified atom stereocenters. The first-order chi connectivity index (χ1) is 13.6. The second-order valence-corrected chi connectivity index (χ2v) is 6.29. The fourth-order valence-electron chi connectivity index (χ4n) is 3.48. The predicted octanol–water partition coefficient (Wildman–Crippen LogP) is 1.56. The summed E-state index contributed by atoms with van der Waals surface area (Å²) in [7, 11) is 0. The molecule has 0 aliphatic rings. The van der Waals surface area contributed by atoms with Gasteiger partial charge in [-0.3, -0.25) is 0 Å². The number of hydrogen-bond acceptors (Lipinski definition) is 6. The fourth-order valence-corrected chi connectivity index (χ4v) is 3.48. The molecule has 2 aromatic rings. The summed E-state index contributed by atoms with van der Waals surface area (Å²) in [5.74, 6) is -0.469. The number of benzene rings is 1. The first kappa shape index (κ1) is 21.8. The molecule has 6 N–H and O–H groups in total. The van der Waals surface area contributed by atoms with Crippen molar-refractivity contribution in [3.05, 3.63) is 58.4 Å². The van der Waals surface area contributed by atoms with E-state index < -0.39 is 5.97 Å². The first-order valence-electron chi connectivity index (χ1n) is 9.26. The average molecular weight is 388 g/mol. The fraction of sp³-hybridized carbons (Fsp3) is 0.381. The maximum atomic E-state index is 12.5. The molecule has 0 aliphatic heterocycles. The van der Waals surface area contributed by atoms with Gasteiger partial charge < -0.3 is 30.8 Å². The van der Waals surface area contributed by atoms with E-state index in [-0.39, 0.29) is 26.4 Å². The van der Waals surface area contributed by atoms with E-state index >= 15 is 0 Å². The predicted molar refractivity (Wildman–Crippen MR) is 107 cm³/mol. The molecule has 2 rings (SSSR count). The summed E-state index contributed by atoms with van der Waals surface area (Å²) in [4.78, 5) is 15.6. The molecular formula is C21H28N2O5. The van der Waals surface area contributed by atoms with E-state index in [1.807, 2.05) is 0 Å². The van der Waals surface area contributed by atoms with Gasteiger partial charge in [0.05, 0.1) is 26.4 Å². The number of H-pyrrole nitrogens is 1. The number of aromatic amines is 1. The highest BCUT2D eigenvalue weighted by molar-refractivity contribution is 5.93. The van der Waals surface area contributed by atoms with E-state index in [4.69, 9.17) is 10.5 Å². The summed E-state index contributed by atoms with van der Waals surface area (Å²) in [5, 5.41) is 29.4. The number of allylic oxidation sites excluding steroid dienone is 1. The largest absolute Gasteiger partial charge is 0.461 e. The van der Waals surface area contributed by atoms with Gasteiger partial charge in [-0.1, -0.05) is 18.2 Å². The molecule has 0 bridgehead atoms. The molecule has 0 saturated heterocycles. The third-order valence-corrected chi connectivity index (χ3v) is 4.69. The Bertz CT molecular complexity index is 842. The van der Waals surface area contributed by atoms with Crippen molar-refractivity contribution in [3.8, 4) is 11.1 Å². The maximum absolute atomic E-state index is 12.5. The monoisotopic (exact) mass is 388 g/mol. The third kappa shape index (κ3) is 4.18. The second-order valence-electron chi connectivity index (χ2n) is 6.29. The van der Waals surface area contributed by atoms with Crippen molar-refractivity contribution in [1.82, 2.24) is 4.98 Å². The van der Waals surface area contributed by atoms with Gasteiger partial charge in [0.1, 0.15) is 5.69 Å². The van der Waals surface area contributed by atoms with Gasteiger partial charge in [-0.05, 0) is 47.7 Å². The van der Waals surface area contributed by atoms with Crippen molar-refractivity contribution >= 4 is 5.97 Å². The number of carbonyl (C=O) groups is 1. The maximum Gasteiger partial charge on any atom is 0.355 e. The number of aliphatic hydroxyl groups is 3. The van der Waals surface area contributed by atoms with Crippen molar-refractivity contribution in [2.75, 3.05) is 13.2 Å². The van der Waals surface area contributed by atoms with E-state index in [9.17, 15) is 20.1 Å². The topological polar surface area (TPSA) is 129 Å². The minimum atomic E-state index is -0.469. The molecule has 1 heterocycles. The Morgan fingerprint density at radius 3 is 2.43 bits per heavy atom. The second kappa shape index (κ2) is 10.2. The van der Waals surface area contributed by atoms with E-state index in [0.717, 1.165) is 11.3 Å². The van der Waals surface area contributed by atoms with Crippen LogP contribution < -0.4 is 5.73 Å². The van der Waals surface area contributed by atoms with Crippen LogP contribution in [0, 0.1) is 0 Å². The Balaban J connectivity index is 2.82. The molecule has 7 heteroatoms. The normalized spacial score (nSPS) is 10.9. The van der Waals surface area contributed by atoms with Crippen molar-refractivity contribution in [2.45, 2.75) is 39.6 Å². The number of hydrogen-bond donors (Lipinski definition) is 5. The average Bonchev–Trinajstić information content (AvgIpc) is 3.05. The molecule has 152 valence electrons. The van der Waals surface area contributed by atoms with Gasteiger partial charge in [-0.25, -0.2) is 4.79 Å². The molecule has 1 aromatic heterocycles. The van der Waals surface area contributed by atoms with Crippen LogP contribution in [0.1, 0.15) is 45.4 Å². The van der Waals surface area contributed by atoms with Crippen LogP contribution >= 0.6 is 0 Å². The van der Waals surface area contributed by atoms with Crippen LogP contribution in [0.25, 0.3) is 11.1 Å². The van der Waals surface area contributed by atoms with E-state index in [0.29, 0.717) is 52.9 Å². The highest BCUT2D eigenvalue weighted by Crippen LogP contribution is 2.36. The van der Waals surface area contributed by atoms with Gasteiger partial charge in [-0.15, -0.1) is 6.58 Å². The number of esters is 1. The molecule has 1 aromatic carbocycles. The molecule has 0 spiro atoms. The lowest BCUT2D eigenvalue weighted by Gasteiger charge is -2.17. The minimum Gasteiger partial charge on any atom is -0.461 e. The number of nitrogens with one attached hydrogen (secondary N) is 1. The van der Waals surface area contributed by atoms with Gasteiger partial charge in [0.2, 0.25) is 0 Å². The number of nitrogens with two attached hydrogens (primary N) is 1. The molecule has 0 saturated carbocycles. The molecule has 0 aliphatic carbocycles. The quantitative estimate of drug-likeness (QED) is 0.310. The summed E-state index contributed by atoms with van der Waals surface area (Å²) in [5.41, 5.74) is 10.5. The van der Waals surface area contributed by atoms with E-state index in [1.165, 1.54) is 0 Å². The standard InChI is InChI=1S/C21H28N2O5/c1-3-5-15-19(18(8-9-22)23-20(15)21(27)28-4-2)14-7-6-13(10-24)16(11-25)17(14)12-26/h3,6-7,23-26H,1,4-5,8-12,22H2,2H3. The van der Waals surface area contributed by atoms with Gasteiger partial charge in [-0.2, -0.15) is 0 Å². The van der Waals surface area contributed by atoms with Crippen LogP contribution in [0.2, 0.25) is 0 Å². The smallest absolute Gasteiger partial charge is 0.355 e. The Hall–Kier alpha value is -2.45. The van der Waals surface area contributed by atoms with Crippen molar-refractivity contribution in [1.29, 1.82) is 0 Å². The Kier molecular flexibility index (Phi) is 7.95. The molecular weight excluding hydrogens is 360 g/mol. The number of rotatable bonds is 10. The van der Waals surface area contributed by atoms with Crippen LogP contribution in [0.3, 0.4) is 0 Å². The summed E-state index contributed by atoms with van der Waals surface area (Å²) >= 11 is 0. The highest BCUT2D eigenvalue weighted by Gasteiger charge is 2.25. The third-order valence-electron chi connectivity index (χ3n) is 4.69. The summed E-state index contributed by atoms with van der Waals surface area (Å²) in [6.07, 6.45) is 2.58. The van der Waals surface area contributed by atoms with Gasteiger partial charge in [0.25, 0.3) is 0 Å². The minimum absolute atomic E-state index is 0.245. The van der Waals surface area contributed by atoms with Gasteiger partial charge in [0, 0.05) is 17.7 Å². The zero-order valence-electron chi connectivity index (χ0n) is 16.1. The Morgan fingerprint density at radius 2 is 1.89 bits per heavy atom. The SMILES string of the molecule is C=CCc1c(C(=O)OCC)[nH]c(CCN)c1-c1ccc(CO)c(CO)c1CO. The molecule has 7 nitrogen and oxygen atoms in total.